The van der Waals surface area contributed by atoms with Crippen LogP contribution in [0.1, 0.15) is 12.5 Å². The maximum absolute atomic E-state index is 5.30. The van der Waals surface area contributed by atoms with E-state index in [2.05, 4.69) is 29.7 Å². The van der Waals surface area contributed by atoms with Crippen LogP contribution in [0.5, 0.6) is 5.75 Å². The normalized spacial score (nSPS) is 10.4. The number of likely N-dealkylation sites (N-methyl/N-ethyl adjacent to an activating group) is 1. The molecule has 1 aromatic carbocycles. The van der Waals surface area contributed by atoms with Crippen molar-refractivity contribution in [3.05, 3.63) is 29.8 Å². The lowest BCUT2D eigenvalue weighted by Gasteiger charge is -2.09. The molecule has 0 radical (unpaired) electrons. The van der Waals surface area contributed by atoms with Gasteiger partial charge in [0.1, 0.15) is 5.75 Å². The summed E-state index contributed by atoms with van der Waals surface area (Å²) >= 11 is 0. The van der Waals surface area contributed by atoms with Crippen molar-refractivity contribution in [2.75, 3.05) is 33.3 Å². The second-order valence-corrected chi connectivity index (χ2v) is 3.67. The molecule has 0 spiro atoms. The lowest BCUT2D eigenvalue weighted by Crippen LogP contribution is -2.28. The van der Waals surface area contributed by atoms with Crippen LogP contribution in [-0.2, 0) is 6.42 Å². The van der Waals surface area contributed by atoms with E-state index in [-0.39, 0.29) is 0 Å². The molecule has 1 aromatic rings. The molecule has 3 nitrogen and oxygen atoms in total. The van der Waals surface area contributed by atoms with Crippen LogP contribution in [0.25, 0.3) is 0 Å². The number of nitrogens with one attached hydrogen (secondary N) is 2. The van der Waals surface area contributed by atoms with Gasteiger partial charge in [-0.2, -0.15) is 0 Å². The van der Waals surface area contributed by atoms with Crippen LogP contribution in [0.2, 0.25) is 0 Å². The lowest BCUT2D eigenvalue weighted by atomic mass is 10.1. The number of rotatable bonds is 8. The quantitative estimate of drug-likeness (QED) is 0.653. The Bertz CT molecular complexity index is 289. The Balaban J connectivity index is 2.21. The van der Waals surface area contributed by atoms with Gasteiger partial charge in [-0.3, -0.25) is 0 Å². The van der Waals surface area contributed by atoms with Gasteiger partial charge in [0, 0.05) is 13.1 Å². The van der Waals surface area contributed by atoms with Gasteiger partial charge in [0.15, 0.2) is 0 Å². The predicted octanol–water partition coefficient (Wildman–Crippen LogP) is 1.44. The van der Waals surface area contributed by atoms with E-state index in [0.29, 0.717) is 0 Å². The summed E-state index contributed by atoms with van der Waals surface area (Å²) in [7, 11) is 1.72. The van der Waals surface area contributed by atoms with Crippen molar-refractivity contribution in [3.63, 3.8) is 0 Å². The highest BCUT2D eigenvalue weighted by Crippen LogP contribution is 2.16. The van der Waals surface area contributed by atoms with Crippen LogP contribution in [-0.4, -0.2) is 33.3 Å². The summed E-state index contributed by atoms with van der Waals surface area (Å²) < 4.78 is 5.30. The number of ether oxygens (including phenoxy) is 1. The smallest absolute Gasteiger partial charge is 0.122 e. The van der Waals surface area contributed by atoms with Crippen LogP contribution in [0.15, 0.2) is 24.3 Å². The first-order valence-corrected chi connectivity index (χ1v) is 5.91. The first-order chi connectivity index (χ1) is 7.88. The molecule has 16 heavy (non-hydrogen) atoms. The zero-order chi connectivity index (χ0) is 11.6. The van der Waals surface area contributed by atoms with Gasteiger partial charge in [-0.05, 0) is 31.1 Å². The van der Waals surface area contributed by atoms with Gasteiger partial charge in [0.05, 0.1) is 7.11 Å². The van der Waals surface area contributed by atoms with Gasteiger partial charge in [-0.15, -0.1) is 0 Å². The van der Waals surface area contributed by atoms with E-state index < -0.39 is 0 Å². The number of hydrogen-bond acceptors (Lipinski definition) is 3. The van der Waals surface area contributed by atoms with Crippen molar-refractivity contribution in [1.29, 1.82) is 0 Å². The first-order valence-electron chi connectivity index (χ1n) is 5.91. The fourth-order valence-electron chi connectivity index (χ4n) is 1.61. The minimum absolute atomic E-state index is 0.982. The summed E-state index contributed by atoms with van der Waals surface area (Å²) in [6, 6.07) is 8.18. The van der Waals surface area contributed by atoms with E-state index in [1.807, 2.05) is 12.1 Å². The largest absolute Gasteiger partial charge is 0.496 e. The summed E-state index contributed by atoms with van der Waals surface area (Å²) in [4.78, 5) is 0. The lowest BCUT2D eigenvalue weighted by molar-refractivity contribution is 0.409. The van der Waals surface area contributed by atoms with E-state index in [0.717, 1.165) is 38.3 Å². The monoisotopic (exact) mass is 222 g/mol. The third-order valence-corrected chi connectivity index (χ3v) is 2.49. The highest BCUT2D eigenvalue weighted by molar-refractivity contribution is 5.33. The number of methoxy groups -OCH3 is 1. The van der Waals surface area contributed by atoms with Crippen LogP contribution in [0, 0.1) is 0 Å². The summed E-state index contributed by atoms with van der Waals surface area (Å²) in [5, 5.41) is 6.68. The maximum Gasteiger partial charge on any atom is 0.122 e. The second kappa shape index (κ2) is 8.13. The average Bonchev–Trinajstić information content (AvgIpc) is 2.34. The SMILES string of the molecule is CCNCCNCCc1ccccc1OC. The maximum atomic E-state index is 5.30. The zero-order valence-corrected chi connectivity index (χ0v) is 10.3. The van der Waals surface area contributed by atoms with Crippen LogP contribution < -0.4 is 15.4 Å². The van der Waals surface area contributed by atoms with Crippen molar-refractivity contribution < 1.29 is 4.74 Å². The third-order valence-electron chi connectivity index (χ3n) is 2.49. The highest BCUT2D eigenvalue weighted by atomic mass is 16.5. The first kappa shape index (κ1) is 13.0. The Morgan fingerprint density at radius 3 is 2.56 bits per heavy atom. The van der Waals surface area contributed by atoms with Crippen LogP contribution in [0.3, 0.4) is 0 Å². The Morgan fingerprint density at radius 2 is 1.81 bits per heavy atom. The Hall–Kier alpha value is -1.06. The minimum Gasteiger partial charge on any atom is -0.496 e. The number of para-hydroxylation sites is 1. The summed E-state index contributed by atoms with van der Waals surface area (Å²) in [6.45, 7) is 6.19. The molecule has 90 valence electrons. The van der Waals surface area contributed by atoms with E-state index in [9.17, 15) is 0 Å². The van der Waals surface area contributed by atoms with Gasteiger partial charge < -0.3 is 15.4 Å². The fraction of sp³-hybridized carbons (Fsp3) is 0.538. The van der Waals surface area contributed by atoms with E-state index in [4.69, 9.17) is 4.74 Å². The van der Waals surface area contributed by atoms with Gasteiger partial charge in [-0.25, -0.2) is 0 Å². The Kier molecular flexibility index (Phi) is 6.61. The number of hydrogen-bond donors (Lipinski definition) is 2. The zero-order valence-electron chi connectivity index (χ0n) is 10.3. The standard InChI is InChI=1S/C13H22N2O/c1-3-14-10-11-15-9-8-12-6-4-5-7-13(12)16-2/h4-7,14-15H,3,8-11H2,1-2H3. The van der Waals surface area contributed by atoms with E-state index in [1.54, 1.807) is 7.11 Å². The number of benzene rings is 1. The molecular weight excluding hydrogens is 200 g/mol. The molecule has 0 bridgehead atoms. The predicted molar refractivity (Wildman–Crippen MR) is 68.1 cm³/mol. The van der Waals surface area contributed by atoms with E-state index >= 15 is 0 Å². The second-order valence-electron chi connectivity index (χ2n) is 3.67. The van der Waals surface area contributed by atoms with Crippen molar-refractivity contribution in [2.45, 2.75) is 13.3 Å². The molecular formula is C13H22N2O. The fourth-order valence-corrected chi connectivity index (χ4v) is 1.61. The summed E-state index contributed by atoms with van der Waals surface area (Å²) in [5.74, 6) is 0.982. The van der Waals surface area contributed by atoms with Crippen LogP contribution >= 0.6 is 0 Å². The summed E-state index contributed by atoms with van der Waals surface area (Å²) in [5.41, 5.74) is 1.26. The molecule has 0 aliphatic carbocycles. The third kappa shape index (κ3) is 4.64. The molecule has 0 saturated carbocycles. The van der Waals surface area contributed by atoms with Crippen molar-refractivity contribution in [3.8, 4) is 5.75 Å². The topological polar surface area (TPSA) is 33.3 Å². The molecule has 0 aliphatic rings. The van der Waals surface area contributed by atoms with Crippen molar-refractivity contribution >= 4 is 0 Å². The molecule has 1 rings (SSSR count). The van der Waals surface area contributed by atoms with Crippen LogP contribution in [0.4, 0.5) is 0 Å². The molecule has 0 amide bonds. The molecule has 0 unspecified atom stereocenters. The molecule has 0 heterocycles. The molecule has 0 aliphatic heterocycles. The van der Waals surface area contributed by atoms with Gasteiger partial charge in [0.25, 0.3) is 0 Å². The van der Waals surface area contributed by atoms with Gasteiger partial charge >= 0.3 is 0 Å². The molecule has 0 fully saturated rings. The highest BCUT2D eigenvalue weighted by Gasteiger charge is 2.00. The van der Waals surface area contributed by atoms with Gasteiger partial charge in [-0.1, -0.05) is 25.1 Å². The van der Waals surface area contributed by atoms with Crippen molar-refractivity contribution in [1.82, 2.24) is 10.6 Å². The van der Waals surface area contributed by atoms with Crippen molar-refractivity contribution in [2.24, 2.45) is 0 Å². The van der Waals surface area contributed by atoms with E-state index in [1.165, 1.54) is 5.56 Å². The minimum atomic E-state index is 0.982. The molecule has 0 aromatic heterocycles. The Labute approximate surface area is 98.2 Å². The summed E-state index contributed by atoms with van der Waals surface area (Å²) in [6.07, 6.45) is 1.01. The van der Waals surface area contributed by atoms with Gasteiger partial charge in [0.2, 0.25) is 0 Å². The molecule has 3 heteroatoms. The molecule has 0 atom stereocenters. The average molecular weight is 222 g/mol. The molecule has 0 saturated heterocycles. The Morgan fingerprint density at radius 1 is 1.06 bits per heavy atom. The molecule has 2 N–H and O–H groups in total.